The lowest BCUT2D eigenvalue weighted by molar-refractivity contribution is 0.170. The number of nitrogens with one attached hydrogen (secondary N) is 1. The van der Waals surface area contributed by atoms with E-state index in [1.165, 1.54) is 18.4 Å². The van der Waals surface area contributed by atoms with Gasteiger partial charge in [0.1, 0.15) is 6.61 Å². The molecule has 1 amide bonds. The van der Waals surface area contributed by atoms with Gasteiger partial charge in [0.2, 0.25) is 0 Å². The Kier molecular flexibility index (Phi) is 4.19. The molecule has 0 aliphatic heterocycles. The molecule has 0 saturated carbocycles. The molecule has 0 radical (unpaired) electrons. The van der Waals surface area contributed by atoms with Crippen LogP contribution in [-0.2, 0) is 4.74 Å². The number of para-hydroxylation sites is 1. The zero-order chi connectivity index (χ0) is 11.9. The van der Waals surface area contributed by atoms with E-state index in [4.69, 9.17) is 4.74 Å². The van der Waals surface area contributed by atoms with Crippen LogP contribution in [0.25, 0.3) is 0 Å². The summed E-state index contributed by atoms with van der Waals surface area (Å²) in [7, 11) is 0. The predicted octanol–water partition coefficient (Wildman–Crippen LogP) is 3.74. The van der Waals surface area contributed by atoms with E-state index < -0.39 is 0 Å². The van der Waals surface area contributed by atoms with Gasteiger partial charge in [0.05, 0.1) is 0 Å². The molecule has 17 heavy (non-hydrogen) atoms. The number of carbonyl (C=O) groups is 1. The van der Waals surface area contributed by atoms with E-state index >= 15 is 0 Å². The lowest BCUT2D eigenvalue weighted by Gasteiger charge is -2.13. The lowest BCUT2D eigenvalue weighted by atomic mass is 10.0. The van der Waals surface area contributed by atoms with Crippen LogP contribution < -0.4 is 5.32 Å². The summed E-state index contributed by atoms with van der Waals surface area (Å²) in [5.74, 6) is 0. The summed E-state index contributed by atoms with van der Waals surface area (Å²) in [5, 5.41) is 2.69. The Morgan fingerprint density at radius 1 is 1.24 bits per heavy atom. The van der Waals surface area contributed by atoms with Crippen molar-refractivity contribution in [3.05, 3.63) is 42.0 Å². The first kappa shape index (κ1) is 11.7. The van der Waals surface area contributed by atoms with Crippen LogP contribution in [0.4, 0.5) is 10.5 Å². The van der Waals surface area contributed by atoms with Crippen molar-refractivity contribution in [3.8, 4) is 0 Å². The maximum Gasteiger partial charge on any atom is 0.411 e. The molecule has 0 saturated heterocycles. The van der Waals surface area contributed by atoms with Gasteiger partial charge in [-0.2, -0.15) is 0 Å². The van der Waals surface area contributed by atoms with Crippen LogP contribution in [0.5, 0.6) is 0 Å². The van der Waals surface area contributed by atoms with Gasteiger partial charge >= 0.3 is 6.09 Å². The van der Waals surface area contributed by atoms with Gasteiger partial charge in [-0.25, -0.2) is 4.79 Å². The highest BCUT2D eigenvalue weighted by Crippen LogP contribution is 2.17. The first-order valence-electron chi connectivity index (χ1n) is 6.01. The largest absolute Gasteiger partial charge is 0.445 e. The Labute approximate surface area is 101 Å². The van der Waals surface area contributed by atoms with E-state index in [2.05, 4.69) is 11.4 Å². The molecule has 0 unspecified atom stereocenters. The molecular weight excluding hydrogens is 214 g/mol. The monoisotopic (exact) mass is 231 g/mol. The molecule has 0 spiro atoms. The standard InChI is InChI=1S/C14H17NO2/c16-14(15-13-9-5-2-6-10-13)17-11-12-7-3-1-4-8-12/h2,5-7,9-10H,1,3-4,8,11H2,(H,15,16). The molecule has 1 aliphatic rings. The van der Waals surface area contributed by atoms with Crippen molar-refractivity contribution in [2.24, 2.45) is 0 Å². The van der Waals surface area contributed by atoms with Gasteiger partial charge in [-0.3, -0.25) is 5.32 Å². The van der Waals surface area contributed by atoms with Gasteiger partial charge in [-0.05, 0) is 43.4 Å². The average molecular weight is 231 g/mol. The fraction of sp³-hybridized carbons (Fsp3) is 0.357. The first-order valence-corrected chi connectivity index (χ1v) is 6.01. The summed E-state index contributed by atoms with van der Waals surface area (Å²) >= 11 is 0. The van der Waals surface area contributed by atoms with E-state index in [9.17, 15) is 4.79 Å². The number of benzene rings is 1. The molecule has 1 aromatic carbocycles. The Bertz CT molecular complexity index is 398. The molecule has 0 fully saturated rings. The number of hydrogen-bond donors (Lipinski definition) is 1. The van der Waals surface area contributed by atoms with Crippen LogP contribution >= 0.6 is 0 Å². The highest BCUT2D eigenvalue weighted by atomic mass is 16.5. The SMILES string of the molecule is O=C(Nc1ccccc1)OCC1=CCCCC1. The van der Waals surface area contributed by atoms with Crippen LogP contribution in [0.15, 0.2) is 42.0 Å². The Morgan fingerprint density at radius 3 is 2.76 bits per heavy atom. The van der Waals surface area contributed by atoms with Crippen molar-refractivity contribution < 1.29 is 9.53 Å². The number of anilines is 1. The number of carbonyl (C=O) groups excluding carboxylic acids is 1. The van der Waals surface area contributed by atoms with Crippen molar-refractivity contribution in [2.45, 2.75) is 25.7 Å². The number of hydrogen-bond acceptors (Lipinski definition) is 2. The first-order chi connectivity index (χ1) is 8.34. The molecule has 0 bridgehead atoms. The maximum atomic E-state index is 11.5. The topological polar surface area (TPSA) is 38.3 Å². The zero-order valence-corrected chi connectivity index (χ0v) is 9.82. The second kappa shape index (κ2) is 6.09. The van der Waals surface area contributed by atoms with Gasteiger partial charge in [-0.1, -0.05) is 24.3 Å². The molecule has 0 heterocycles. The second-order valence-electron chi connectivity index (χ2n) is 4.18. The number of amides is 1. The molecule has 0 aromatic heterocycles. The zero-order valence-electron chi connectivity index (χ0n) is 9.82. The van der Waals surface area contributed by atoms with E-state index in [1.807, 2.05) is 30.3 Å². The van der Waals surface area contributed by atoms with Crippen LogP contribution in [0.1, 0.15) is 25.7 Å². The fourth-order valence-corrected chi connectivity index (χ4v) is 1.87. The molecule has 1 aliphatic carbocycles. The average Bonchev–Trinajstić information content (AvgIpc) is 2.39. The van der Waals surface area contributed by atoms with Crippen molar-refractivity contribution in [1.29, 1.82) is 0 Å². The third kappa shape index (κ3) is 3.94. The Hall–Kier alpha value is -1.77. The second-order valence-corrected chi connectivity index (χ2v) is 4.18. The Balaban J connectivity index is 1.76. The quantitative estimate of drug-likeness (QED) is 0.805. The lowest BCUT2D eigenvalue weighted by Crippen LogP contribution is -2.15. The van der Waals surface area contributed by atoms with Crippen molar-refractivity contribution in [1.82, 2.24) is 0 Å². The van der Waals surface area contributed by atoms with E-state index in [1.54, 1.807) is 0 Å². The fourth-order valence-electron chi connectivity index (χ4n) is 1.87. The normalized spacial score (nSPS) is 14.9. The van der Waals surface area contributed by atoms with Gasteiger partial charge in [0, 0.05) is 5.69 Å². The molecule has 1 aromatic rings. The summed E-state index contributed by atoms with van der Waals surface area (Å²) in [6, 6.07) is 9.32. The van der Waals surface area contributed by atoms with E-state index in [0.717, 1.165) is 18.5 Å². The van der Waals surface area contributed by atoms with Gasteiger partial charge < -0.3 is 4.74 Å². The molecule has 1 N–H and O–H groups in total. The summed E-state index contributed by atoms with van der Waals surface area (Å²) < 4.78 is 5.17. The van der Waals surface area contributed by atoms with Crippen molar-refractivity contribution >= 4 is 11.8 Å². The van der Waals surface area contributed by atoms with Gasteiger partial charge in [0.15, 0.2) is 0 Å². The number of allylic oxidation sites excluding steroid dienone is 1. The van der Waals surface area contributed by atoms with Gasteiger partial charge in [-0.15, -0.1) is 0 Å². The van der Waals surface area contributed by atoms with Crippen LogP contribution in [0.3, 0.4) is 0 Å². The molecular formula is C14H17NO2. The van der Waals surface area contributed by atoms with Crippen molar-refractivity contribution in [2.75, 3.05) is 11.9 Å². The Morgan fingerprint density at radius 2 is 2.06 bits per heavy atom. The predicted molar refractivity (Wildman–Crippen MR) is 68.0 cm³/mol. The summed E-state index contributed by atoms with van der Waals surface area (Å²) in [6.45, 7) is 0.415. The van der Waals surface area contributed by atoms with Gasteiger partial charge in [0.25, 0.3) is 0 Å². The molecule has 90 valence electrons. The highest BCUT2D eigenvalue weighted by molar-refractivity contribution is 5.84. The number of ether oxygens (including phenoxy) is 1. The minimum absolute atomic E-state index is 0.386. The molecule has 0 atom stereocenters. The van der Waals surface area contributed by atoms with Crippen LogP contribution in [0, 0.1) is 0 Å². The third-order valence-corrected chi connectivity index (χ3v) is 2.79. The van der Waals surface area contributed by atoms with Crippen molar-refractivity contribution in [3.63, 3.8) is 0 Å². The molecule has 3 heteroatoms. The highest BCUT2D eigenvalue weighted by Gasteiger charge is 2.07. The van der Waals surface area contributed by atoms with Crippen LogP contribution in [-0.4, -0.2) is 12.7 Å². The third-order valence-electron chi connectivity index (χ3n) is 2.79. The minimum Gasteiger partial charge on any atom is -0.445 e. The summed E-state index contributed by atoms with van der Waals surface area (Å²) in [5.41, 5.74) is 1.99. The summed E-state index contributed by atoms with van der Waals surface area (Å²) in [6.07, 6.45) is 6.41. The molecule has 2 rings (SSSR count). The number of rotatable bonds is 3. The van der Waals surface area contributed by atoms with E-state index in [-0.39, 0.29) is 6.09 Å². The maximum absolute atomic E-state index is 11.5. The minimum atomic E-state index is -0.386. The summed E-state index contributed by atoms with van der Waals surface area (Å²) in [4.78, 5) is 11.5. The smallest absolute Gasteiger partial charge is 0.411 e. The van der Waals surface area contributed by atoms with E-state index in [0.29, 0.717) is 6.61 Å². The molecule has 3 nitrogen and oxygen atoms in total. The van der Waals surface area contributed by atoms with Crippen LogP contribution in [0.2, 0.25) is 0 Å².